The molecule has 0 radical (unpaired) electrons. The van der Waals surface area contributed by atoms with Crippen molar-refractivity contribution < 1.29 is 0 Å². The number of hydrogen-bond acceptors (Lipinski definition) is 1. The minimum absolute atomic E-state index is 0.330. The Balaban J connectivity index is 1.80. The molecule has 0 aliphatic heterocycles. The van der Waals surface area contributed by atoms with Crippen molar-refractivity contribution in [3.8, 4) is 11.8 Å². The van der Waals surface area contributed by atoms with Crippen LogP contribution in [0.4, 0.5) is 5.69 Å². The van der Waals surface area contributed by atoms with Crippen LogP contribution in [0.25, 0.3) is 0 Å². The van der Waals surface area contributed by atoms with E-state index in [4.69, 9.17) is 0 Å². The van der Waals surface area contributed by atoms with Gasteiger partial charge in [0.25, 0.3) is 0 Å². The monoisotopic (exact) mass is 288 g/mol. The lowest BCUT2D eigenvalue weighted by Crippen LogP contribution is -2.06. The summed E-state index contributed by atoms with van der Waals surface area (Å²) in [5, 5.41) is 3.45. The van der Waals surface area contributed by atoms with Crippen LogP contribution in [0.2, 0.25) is 0 Å². The summed E-state index contributed by atoms with van der Waals surface area (Å²) in [5.74, 6) is 6.54. The first-order valence-corrected chi connectivity index (χ1v) is 7.63. The lowest BCUT2D eigenvalue weighted by atomic mass is 10.0. The van der Waals surface area contributed by atoms with Crippen molar-refractivity contribution in [2.24, 2.45) is 0 Å². The Morgan fingerprint density at radius 1 is 0.955 bits per heavy atom. The van der Waals surface area contributed by atoms with Crippen LogP contribution in [-0.2, 0) is 0 Å². The molecule has 2 aromatic rings. The molecule has 0 spiro atoms. The fraction of sp³-hybridized carbons (Fsp3) is 0.200. The lowest BCUT2D eigenvalue weighted by Gasteiger charge is -2.17. The number of nitrogens with zero attached hydrogens (tertiary/aromatic N) is 1. The number of rotatable bonds is 4. The van der Waals surface area contributed by atoms with E-state index in [1.54, 1.807) is 0 Å². The second kappa shape index (κ2) is 6.87. The van der Waals surface area contributed by atoms with Gasteiger partial charge in [0.1, 0.15) is 0 Å². The second-order valence-electron chi connectivity index (χ2n) is 5.44. The van der Waals surface area contributed by atoms with Gasteiger partial charge in [0.2, 0.25) is 0 Å². The van der Waals surface area contributed by atoms with Crippen molar-refractivity contribution in [1.29, 1.82) is 0 Å². The third kappa shape index (κ3) is 3.51. The Hall–Kier alpha value is -2.66. The van der Waals surface area contributed by atoms with E-state index in [-0.39, 0.29) is 0 Å². The van der Waals surface area contributed by atoms with E-state index >= 15 is 0 Å². The fourth-order valence-corrected chi connectivity index (χ4v) is 2.52. The molecule has 1 aromatic carbocycles. The zero-order chi connectivity index (χ0) is 15.2. The maximum absolute atomic E-state index is 3.45. The molecule has 0 saturated heterocycles. The molecular weight excluding hydrogens is 268 g/mol. The van der Waals surface area contributed by atoms with Gasteiger partial charge in [0, 0.05) is 36.6 Å². The molecule has 1 N–H and O–H groups in total. The molecule has 1 heterocycles. The minimum atomic E-state index is 0.330. The van der Waals surface area contributed by atoms with E-state index in [0.29, 0.717) is 6.04 Å². The zero-order valence-electron chi connectivity index (χ0n) is 12.8. The molecular formula is C20H20N2. The summed E-state index contributed by atoms with van der Waals surface area (Å²) >= 11 is 0. The van der Waals surface area contributed by atoms with Crippen LogP contribution in [0.15, 0.2) is 78.3 Å². The quantitative estimate of drug-likeness (QED) is 0.802. The zero-order valence-corrected chi connectivity index (χ0v) is 12.8. The van der Waals surface area contributed by atoms with Gasteiger partial charge in [-0.3, -0.25) is 0 Å². The first-order chi connectivity index (χ1) is 10.8. The first-order valence-electron chi connectivity index (χ1n) is 7.63. The highest BCUT2D eigenvalue weighted by atomic mass is 15.0. The third-order valence-electron chi connectivity index (χ3n) is 3.88. The maximum Gasteiger partial charge on any atom is 0.0524 e. The molecule has 1 atom stereocenters. The van der Waals surface area contributed by atoms with Crippen LogP contribution in [-0.4, -0.2) is 4.57 Å². The molecule has 110 valence electrons. The average molecular weight is 288 g/mol. The maximum atomic E-state index is 3.45. The summed E-state index contributed by atoms with van der Waals surface area (Å²) in [6.07, 6.45) is 10.2. The molecule has 2 heteroatoms. The van der Waals surface area contributed by atoms with E-state index < -0.39 is 0 Å². The molecule has 0 fully saturated rings. The van der Waals surface area contributed by atoms with Gasteiger partial charge in [0.05, 0.1) is 6.04 Å². The lowest BCUT2D eigenvalue weighted by molar-refractivity contribution is 0.620. The topological polar surface area (TPSA) is 17.0 Å². The number of allylic oxidation sites excluding steroid dienone is 4. The van der Waals surface area contributed by atoms with E-state index in [9.17, 15) is 0 Å². The number of para-hydroxylation sites is 1. The summed E-state index contributed by atoms with van der Waals surface area (Å²) in [5.41, 5.74) is 3.57. The van der Waals surface area contributed by atoms with Gasteiger partial charge in [-0.15, -0.1) is 0 Å². The van der Waals surface area contributed by atoms with Crippen LogP contribution in [0, 0.1) is 11.8 Å². The highest BCUT2D eigenvalue weighted by Crippen LogP contribution is 2.22. The Labute approximate surface area is 132 Å². The summed E-state index contributed by atoms with van der Waals surface area (Å²) in [7, 11) is 0. The van der Waals surface area contributed by atoms with E-state index in [2.05, 4.69) is 77.5 Å². The first kappa shape index (κ1) is 14.3. The molecule has 0 saturated carbocycles. The minimum Gasteiger partial charge on any atom is -0.358 e. The fourth-order valence-electron chi connectivity index (χ4n) is 2.52. The summed E-state index contributed by atoms with van der Waals surface area (Å²) in [6.45, 7) is 2.22. The molecule has 22 heavy (non-hydrogen) atoms. The second-order valence-corrected chi connectivity index (χ2v) is 5.44. The van der Waals surface area contributed by atoms with Crippen molar-refractivity contribution in [3.63, 3.8) is 0 Å². The Kier molecular flexibility index (Phi) is 4.46. The van der Waals surface area contributed by atoms with Gasteiger partial charge in [-0.1, -0.05) is 36.1 Å². The normalized spacial score (nSPS) is 20.2. The molecule has 0 amide bonds. The van der Waals surface area contributed by atoms with Gasteiger partial charge in [-0.05, 0) is 42.8 Å². The van der Waals surface area contributed by atoms with Crippen LogP contribution < -0.4 is 5.32 Å². The van der Waals surface area contributed by atoms with Crippen LogP contribution in [0.3, 0.4) is 0 Å². The average Bonchev–Trinajstić information content (AvgIpc) is 3.05. The predicted octanol–water partition coefficient (Wildman–Crippen LogP) is 4.77. The molecule has 3 rings (SSSR count). The largest absolute Gasteiger partial charge is 0.358 e. The van der Waals surface area contributed by atoms with E-state index in [0.717, 1.165) is 24.2 Å². The van der Waals surface area contributed by atoms with Gasteiger partial charge in [-0.25, -0.2) is 0 Å². The highest BCUT2D eigenvalue weighted by molar-refractivity contribution is 5.49. The number of aromatic nitrogens is 1. The van der Waals surface area contributed by atoms with E-state index in [1.807, 2.05) is 18.2 Å². The summed E-state index contributed by atoms with van der Waals surface area (Å²) in [4.78, 5) is 0. The van der Waals surface area contributed by atoms with Crippen molar-refractivity contribution >= 4 is 5.69 Å². The van der Waals surface area contributed by atoms with Crippen molar-refractivity contribution in [2.45, 2.75) is 25.8 Å². The van der Waals surface area contributed by atoms with Crippen molar-refractivity contribution in [2.75, 3.05) is 5.32 Å². The SMILES string of the molecule is CC(/C1=C/C=C(/Nc2ccccc2)CC#CC1)n1cccc1. The van der Waals surface area contributed by atoms with Crippen molar-refractivity contribution in [1.82, 2.24) is 4.57 Å². The molecule has 1 aromatic heterocycles. The predicted molar refractivity (Wildman–Crippen MR) is 92.4 cm³/mol. The summed E-state index contributed by atoms with van der Waals surface area (Å²) in [6, 6.07) is 14.7. The van der Waals surface area contributed by atoms with Crippen molar-refractivity contribution in [3.05, 3.63) is 78.3 Å². The van der Waals surface area contributed by atoms with Crippen LogP contribution in [0.5, 0.6) is 0 Å². The third-order valence-corrected chi connectivity index (χ3v) is 3.88. The summed E-state index contributed by atoms with van der Waals surface area (Å²) < 4.78 is 2.22. The Bertz CT molecular complexity index is 725. The Morgan fingerprint density at radius 3 is 2.45 bits per heavy atom. The van der Waals surface area contributed by atoms with Gasteiger partial charge in [0.15, 0.2) is 0 Å². The molecule has 0 bridgehead atoms. The van der Waals surface area contributed by atoms with E-state index in [1.165, 1.54) is 5.57 Å². The number of hydrogen-bond donors (Lipinski definition) is 1. The number of benzene rings is 1. The Morgan fingerprint density at radius 2 is 1.68 bits per heavy atom. The smallest absolute Gasteiger partial charge is 0.0524 e. The van der Waals surface area contributed by atoms with Gasteiger partial charge < -0.3 is 9.88 Å². The molecule has 2 nitrogen and oxygen atoms in total. The number of nitrogens with one attached hydrogen (secondary N) is 1. The van der Waals surface area contributed by atoms with Crippen LogP contribution >= 0.6 is 0 Å². The standard InChI is InChI=1S/C20H20N2/c1-17(22-15-7-8-16-22)18-9-5-6-12-20(14-13-18)21-19-10-3-2-4-11-19/h2-4,7-8,10-11,13-17,21H,9,12H2,1H3/b18-13+,20-14+. The van der Waals surface area contributed by atoms with Gasteiger partial charge in [-0.2, -0.15) is 0 Å². The number of anilines is 1. The van der Waals surface area contributed by atoms with Crippen LogP contribution in [0.1, 0.15) is 25.8 Å². The molecule has 1 aliphatic rings. The highest BCUT2D eigenvalue weighted by Gasteiger charge is 2.09. The van der Waals surface area contributed by atoms with Gasteiger partial charge >= 0.3 is 0 Å². The molecule has 1 unspecified atom stereocenters. The molecule has 1 aliphatic carbocycles.